The summed E-state index contributed by atoms with van der Waals surface area (Å²) in [4.78, 5) is 76.4. The number of unbranched alkanes of at least 4 members (excludes halogenated alkanes) is 1. The number of carbonyl (C=O) groups excluding carboxylic acids is 4. The number of nitrogens with two attached hydrogens (primary N) is 3. The number of para-hydroxylation sites is 1. The van der Waals surface area contributed by atoms with E-state index in [0.717, 1.165) is 10.9 Å². The zero-order valence-corrected chi connectivity index (χ0v) is 22.4. The van der Waals surface area contributed by atoms with Crippen molar-refractivity contribution < 1.29 is 39.0 Å². The number of benzene rings is 1. The molecule has 12 N–H and O–H groups in total. The van der Waals surface area contributed by atoms with E-state index in [1.165, 1.54) is 0 Å². The molecule has 0 fully saturated rings. The van der Waals surface area contributed by atoms with E-state index in [1.54, 1.807) is 30.5 Å². The van der Waals surface area contributed by atoms with Crippen LogP contribution in [0.5, 0.6) is 0 Å². The largest absolute Gasteiger partial charge is 0.481 e. The normalized spacial score (nSPS) is 13.9. The predicted octanol–water partition coefficient (Wildman–Crippen LogP) is -1.55. The molecule has 1 aromatic heterocycles. The topological polar surface area (TPSA) is 273 Å². The number of aromatic nitrogens is 1. The van der Waals surface area contributed by atoms with Crippen molar-refractivity contribution in [1.82, 2.24) is 20.9 Å². The van der Waals surface area contributed by atoms with Crippen LogP contribution in [0.1, 0.15) is 44.1 Å². The first kappa shape index (κ1) is 32.7. The Hall–Kier alpha value is -4.50. The van der Waals surface area contributed by atoms with Crippen LogP contribution in [0, 0.1) is 0 Å². The number of amides is 4. The van der Waals surface area contributed by atoms with Crippen molar-refractivity contribution in [1.29, 1.82) is 0 Å². The lowest BCUT2D eigenvalue weighted by atomic mass is 10.0. The van der Waals surface area contributed by atoms with Crippen LogP contribution in [-0.4, -0.2) is 81.5 Å². The van der Waals surface area contributed by atoms with Gasteiger partial charge >= 0.3 is 11.9 Å². The molecule has 2 aromatic rings. The fourth-order valence-electron chi connectivity index (χ4n) is 4.13. The zero-order valence-electron chi connectivity index (χ0n) is 22.4. The van der Waals surface area contributed by atoms with Crippen LogP contribution >= 0.6 is 0 Å². The van der Waals surface area contributed by atoms with Gasteiger partial charge in [0.2, 0.25) is 23.6 Å². The molecule has 1 aromatic carbocycles. The Morgan fingerprint density at radius 2 is 1.49 bits per heavy atom. The molecule has 4 atom stereocenters. The van der Waals surface area contributed by atoms with Gasteiger partial charge in [0, 0.05) is 29.9 Å². The maximum absolute atomic E-state index is 13.3. The van der Waals surface area contributed by atoms with Crippen molar-refractivity contribution in [3.05, 3.63) is 36.0 Å². The van der Waals surface area contributed by atoms with E-state index in [0.29, 0.717) is 31.4 Å². The summed E-state index contributed by atoms with van der Waals surface area (Å²) in [6.45, 7) is 0.417. The molecule has 4 unspecified atom stereocenters. The molecule has 0 aliphatic rings. The molecule has 1 heterocycles. The molecule has 41 heavy (non-hydrogen) atoms. The summed E-state index contributed by atoms with van der Waals surface area (Å²) in [5.41, 5.74) is 17.8. The number of aliphatic carboxylic acids is 2. The van der Waals surface area contributed by atoms with Crippen molar-refractivity contribution in [2.45, 2.75) is 69.1 Å². The number of H-pyrrole nitrogens is 1. The first-order valence-corrected chi connectivity index (χ1v) is 13.1. The number of primary amides is 1. The smallest absolute Gasteiger partial charge is 0.326 e. The second-order valence-corrected chi connectivity index (χ2v) is 9.58. The fourth-order valence-corrected chi connectivity index (χ4v) is 4.13. The molecular formula is C26H37N7O8. The SMILES string of the molecule is NCCCCC(N)C(=O)NC(CCC(=O)O)C(=O)NC(Cc1c[nH]c2ccccc12)C(=O)NC(CC(N)=O)C(=O)O. The third-order valence-corrected chi connectivity index (χ3v) is 6.34. The Labute approximate surface area is 235 Å². The van der Waals surface area contributed by atoms with Crippen LogP contribution in [0.15, 0.2) is 30.5 Å². The minimum atomic E-state index is -1.66. The number of hydrogen-bond acceptors (Lipinski definition) is 8. The van der Waals surface area contributed by atoms with Gasteiger partial charge in [-0.25, -0.2) is 4.79 Å². The quantitative estimate of drug-likeness (QED) is 0.0922. The van der Waals surface area contributed by atoms with Gasteiger partial charge < -0.3 is 48.3 Å². The average Bonchev–Trinajstić information content (AvgIpc) is 3.32. The van der Waals surface area contributed by atoms with E-state index in [9.17, 15) is 33.9 Å². The van der Waals surface area contributed by atoms with Crippen molar-refractivity contribution in [3.8, 4) is 0 Å². The minimum absolute atomic E-state index is 0.108. The van der Waals surface area contributed by atoms with Gasteiger partial charge in [0.1, 0.15) is 18.1 Å². The number of aromatic amines is 1. The Balaban J connectivity index is 2.31. The van der Waals surface area contributed by atoms with Gasteiger partial charge in [-0.05, 0) is 37.4 Å². The molecule has 4 amide bonds. The van der Waals surface area contributed by atoms with Crippen LogP contribution in [0.25, 0.3) is 10.9 Å². The van der Waals surface area contributed by atoms with Crippen LogP contribution in [0.4, 0.5) is 0 Å². The molecule has 224 valence electrons. The van der Waals surface area contributed by atoms with Gasteiger partial charge in [-0.1, -0.05) is 24.6 Å². The molecule has 0 saturated carbocycles. The molecule has 15 nitrogen and oxygen atoms in total. The van der Waals surface area contributed by atoms with Crippen LogP contribution in [0.3, 0.4) is 0 Å². The zero-order chi connectivity index (χ0) is 30.5. The van der Waals surface area contributed by atoms with E-state index < -0.39 is 72.6 Å². The van der Waals surface area contributed by atoms with Gasteiger partial charge in [0.15, 0.2) is 0 Å². The molecule has 0 aliphatic carbocycles. The van der Waals surface area contributed by atoms with E-state index in [2.05, 4.69) is 20.9 Å². The van der Waals surface area contributed by atoms with Gasteiger partial charge in [-0.3, -0.25) is 24.0 Å². The van der Waals surface area contributed by atoms with Gasteiger partial charge in [-0.2, -0.15) is 0 Å². The highest BCUT2D eigenvalue weighted by atomic mass is 16.4. The van der Waals surface area contributed by atoms with E-state index in [1.807, 2.05) is 0 Å². The van der Waals surface area contributed by atoms with E-state index >= 15 is 0 Å². The lowest BCUT2D eigenvalue weighted by Gasteiger charge is -2.25. The van der Waals surface area contributed by atoms with Gasteiger partial charge in [0.25, 0.3) is 0 Å². The Morgan fingerprint density at radius 1 is 0.854 bits per heavy atom. The molecule has 0 spiro atoms. The Bertz CT molecular complexity index is 1250. The third-order valence-electron chi connectivity index (χ3n) is 6.34. The summed E-state index contributed by atoms with van der Waals surface area (Å²) < 4.78 is 0. The summed E-state index contributed by atoms with van der Waals surface area (Å²) in [6, 6.07) is 1.79. The predicted molar refractivity (Wildman–Crippen MR) is 147 cm³/mol. The maximum Gasteiger partial charge on any atom is 0.326 e. The molecule has 0 bridgehead atoms. The summed E-state index contributed by atoms with van der Waals surface area (Å²) in [7, 11) is 0. The van der Waals surface area contributed by atoms with E-state index in [4.69, 9.17) is 22.3 Å². The maximum atomic E-state index is 13.3. The minimum Gasteiger partial charge on any atom is -0.481 e. The number of nitrogens with one attached hydrogen (secondary N) is 4. The molecular weight excluding hydrogens is 538 g/mol. The van der Waals surface area contributed by atoms with Crippen molar-refractivity contribution in [3.63, 3.8) is 0 Å². The number of carbonyl (C=O) groups is 6. The molecule has 15 heteroatoms. The number of carboxylic acids is 2. The van der Waals surface area contributed by atoms with Crippen molar-refractivity contribution >= 4 is 46.5 Å². The van der Waals surface area contributed by atoms with Crippen molar-refractivity contribution in [2.75, 3.05) is 6.54 Å². The van der Waals surface area contributed by atoms with Crippen LogP contribution < -0.4 is 33.2 Å². The lowest BCUT2D eigenvalue weighted by molar-refractivity contribution is -0.143. The van der Waals surface area contributed by atoms with Crippen LogP contribution in [0.2, 0.25) is 0 Å². The Morgan fingerprint density at radius 3 is 2.12 bits per heavy atom. The second-order valence-electron chi connectivity index (χ2n) is 9.58. The molecule has 0 saturated heterocycles. The van der Waals surface area contributed by atoms with Gasteiger partial charge in [0.05, 0.1) is 12.5 Å². The van der Waals surface area contributed by atoms with Gasteiger partial charge in [-0.15, -0.1) is 0 Å². The number of carboxylic acid groups (broad SMARTS) is 2. The third kappa shape index (κ3) is 10.5. The first-order valence-electron chi connectivity index (χ1n) is 13.1. The summed E-state index contributed by atoms with van der Waals surface area (Å²) in [5.74, 6) is -6.18. The molecule has 2 rings (SSSR count). The number of rotatable bonds is 18. The number of fused-ring (bicyclic) bond motifs is 1. The van der Waals surface area contributed by atoms with E-state index in [-0.39, 0.29) is 12.8 Å². The fraction of sp³-hybridized carbons (Fsp3) is 0.462. The van der Waals surface area contributed by atoms with Crippen LogP contribution in [-0.2, 0) is 35.2 Å². The summed E-state index contributed by atoms with van der Waals surface area (Å²) in [6.07, 6.45) is 1.55. The highest BCUT2D eigenvalue weighted by Crippen LogP contribution is 2.19. The standard InChI is InChI=1S/C26H37N7O8/c27-10-4-3-6-16(28)23(37)31-18(8-9-22(35)36)24(38)32-19(25(39)33-20(26(40)41)12-21(29)34)11-14-13-30-17-7-2-1-5-15(14)17/h1-2,5,7,13,16,18-20,30H,3-4,6,8-12,27-28H2,(H2,29,34)(H,31,37)(H,32,38)(H,33,39)(H,35,36)(H,40,41). The van der Waals surface area contributed by atoms with Crippen molar-refractivity contribution in [2.24, 2.45) is 17.2 Å². The highest BCUT2D eigenvalue weighted by molar-refractivity contribution is 5.95. The first-order chi connectivity index (χ1) is 19.4. The number of hydrogen-bond donors (Lipinski definition) is 9. The summed E-state index contributed by atoms with van der Waals surface area (Å²) >= 11 is 0. The second kappa shape index (κ2) is 15.9. The summed E-state index contributed by atoms with van der Waals surface area (Å²) in [5, 5.41) is 26.5. The monoisotopic (exact) mass is 575 g/mol. The average molecular weight is 576 g/mol. The highest BCUT2D eigenvalue weighted by Gasteiger charge is 2.31. The lowest BCUT2D eigenvalue weighted by Crippen LogP contribution is -2.58. The Kier molecular flexibility index (Phi) is 12.7. The molecule has 0 radical (unpaired) electrons. The molecule has 0 aliphatic heterocycles.